The third-order valence-electron chi connectivity index (χ3n) is 3.68. The third-order valence-corrected chi connectivity index (χ3v) is 3.68. The van der Waals surface area contributed by atoms with Crippen molar-refractivity contribution in [1.82, 2.24) is 4.90 Å². The fourth-order valence-corrected chi connectivity index (χ4v) is 2.67. The van der Waals surface area contributed by atoms with E-state index in [2.05, 4.69) is 11.0 Å². The Balaban J connectivity index is 2.08. The molecule has 0 radical (unpaired) electrons. The molecule has 4 heteroatoms. The number of fused-ring (bicyclic) bond motifs is 1. The molecule has 0 saturated heterocycles. The summed E-state index contributed by atoms with van der Waals surface area (Å²) in [7, 11) is 1.44. The van der Waals surface area contributed by atoms with Gasteiger partial charge in [0.05, 0.1) is 12.5 Å². The largest absolute Gasteiger partial charge is 0.469 e. The minimum Gasteiger partial charge on any atom is -0.469 e. The van der Waals surface area contributed by atoms with Crippen LogP contribution in [-0.2, 0) is 22.5 Å². The van der Waals surface area contributed by atoms with E-state index >= 15 is 0 Å². The van der Waals surface area contributed by atoms with Crippen molar-refractivity contribution in [1.29, 1.82) is 0 Å². The molecule has 0 amide bonds. The molecule has 1 aromatic rings. The van der Waals surface area contributed by atoms with Gasteiger partial charge >= 0.3 is 5.97 Å². The van der Waals surface area contributed by atoms with Crippen molar-refractivity contribution in [3.63, 3.8) is 0 Å². The van der Waals surface area contributed by atoms with E-state index in [1.54, 1.807) is 0 Å². The van der Waals surface area contributed by atoms with Crippen LogP contribution in [0.5, 0.6) is 0 Å². The van der Waals surface area contributed by atoms with Crippen molar-refractivity contribution in [2.24, 2.45) is 5.41 Å². The van der Waals surface area contributed by atoms with E-state index in [0.717, 1.165) is 25.2 Å². The maximum absolute atomic E-state index is 11.7. The minimum atomic E-state index is -0.480. The van der Waals surface area contributed by atoms with Crippen LogP contribution in [0.3, 0.4) is 0 Å². The second-order valence-electron chi connectivity index (χ2n) is 5.86. The number of rotatable bonds is 3. The molecule has 1 heterocycles. The summed E-state index contributed by atoms with van der Waals surface area (Å²) in [5, 5.41) is 0. The Morgan fingerprint density at radius 3 is 2.84 bits per heavy atom. The Labute approximate surface area is 114 Å². The quantitative estimate of drug-likeness (QED) is 0.667. The van der Waals surface area contributed by atoms with Gasteiger partial charge in [0, 0.05) is 25.3 Å². The normalized spacial score (nSPS) is 15.9. The van der Waals surface area contributed by atoms with E-state index in [9.17, 15) is 4.79 Å². The smallest absolute Gasteiger partial charge is 0.312 e. The molecule has 0 bridgehead atoms. The molecule has 1 aliphatic heterocycles. The molecular formula is C15H22N2O2. The molecular weight excluding hydrogens is 240 g/mol. The first kappa shape index (κ1) is 13.9. The molecule has 104 valence electrons. The van der Waals surface area contributed by atoms with Gasteiger partial charge in [-0.2, -0.15) is 0 Å². The topological polar surface area (TPSA) is 55.6 Å². The first-order valence-corrected chi connectivity index (χ1v) is 6.60. The van der Waals surface area contributed by atoms with Crippen LogP contribution in [0.2, 0.25) is 0 Å². The monoisotopic (exact) mass is 262 g/mol. The van der Waals surface area contributed by atoms with Gasteiger partial charge < -0.3 is 10.5 Å². The summed E-state index contributed by atoms with van der Waals surface area (Å²) in [5.74, 6) is -0.161. The summed E-state index contributed by atoms with van der Waals surface area (Å²) in [6.07, 6.45) is 1.01. The highest BCUT2D eigenvalue weighted by Gasteiger charge is 2.32. The van der Waals surface area contributed by atoms with Crippen LogP contribution < -0.4 is 5.73 Å². The van der Waals surface area contributed by atoms with Gasteiger partial charge in [-0.25, -0.2) is 0 Å². The fraction of sp³-hybridized carbons (Fsp3) is 0.533. The van der Waals surface area contributed by atoms with E-state index in [4.69, 9.17) is 10.5 Å². The number of nitrogen functional groups attached to an aromatic ring is 1. The number of ether oxygens (including phenoxy) is 1. The van der Waals surface area contributed by atoms with E-state index in [1.165, 1.54) is 18.2 Å². The standard InChI is InChI=1S/C15H22N2O2/c1-15(2,14(18)19-3)10-17-7-6-11-4-5-13(16)8-12(11)9-17/h4-5,8H,6-7,9-10,16H2,1-3H3. The Morgan fingerprint density at radius 1 is 1.42 bits per heavy atom. The Kier molecular flexibility index (Phi) is 3.80. The van der Waals surface area contributed by atoms with Gasteiger partial charge in [0.15, 0.2) is 0 Å². The minimum absolute atomic E-state index is 0.161. The highest BCUT2D eigenvalue weighted by molar-refractivity contribution is 5.76. The predicted octanol–water partition coefficient (Wildman–Crippen LogP) is 1.83. The number of methoxy groups -OCH3 is 1. The molecule has 0 unspecified atom stereocenters. The van der Waals surface area contributed by atoms with Crippen LogP contribution in [-0.4, -0.2) is 31.1 Å². The number of carbonyl (C=O) groups excluding carboxylic acids is 1. The molecule has 0 spiro atoms. The number of carbonyl (C=O) groups is 1. The molecule has 2 rings (SSSR count). The predicted molar refractivity (Wildman–Crippen MR) is 75.6 cm³/mol. The average Bonchev–Trinajstić information content (AvgIpc) is 2.36. The number of hydrogen-bond acceptors (Lipinski definition) is 4. The molecule has 1 aliphatic rings. The summed E-state index contributed by atoms with van der Waals surface area (Å²) >= 11 is 0. The Bertz CT molecular complexity index is 483. The molecule has 0 saturated carbocycles. The van der Waals surface area contributed by atoms with Crippen molar-refractivity contribution < 1.29 is 9.53 Å². The van der Waals surface area contributed by atoms with Crippen molar-refractivity contribution in [2.75, 3.05) is 25.9 Å². The molecule has 2 N–H and O–H groups in total. The summed E-state index contributed by atoms with van der Waals surface area (Å²) in [6, 6.07) is 6.09. The molecule has 0 atom stereocenters. The highest BCUT2D eigenvalue weighted by Crippen LogP contribution is 2.25. The lowest BCUT2D eigenvalue weighted by molar-refractivity contribution is -0.152. The lowest BCUT2D eigenvalue weighted by Crippen LogP contribution is -2.42. The van der Waals surface area contributed by atoms with Crippen molar-refractivity contribution >= 4 is 11.7 Å². The zero-order valence-corrected chi connectivity index (χ0v) is 11.9. The van der Waals surface area contributed by atoms with Crippen LogP contribution in [0.25, 0.3) is 0 Å². The van der Waals surface area contributed by atoms with E-state index in [1.807, 2.05) is 26.0 Å². The first-order chi connectivity index (χ1) is 8.92. The molecule has 0 fully saturated rings. The second kappa shape index (κ2) is 5.21. The highest BCUT2D eigenvalue weighted by atomic mass is 16.5. The van der Waals surface area contributed by atoms with Crippen LogP contribution in [0.15, 0.2) is 18.2 Å². The molecule has 4 nitrogen and oxygen atoms in total. The number of nitrogens with zero attached hydrogens (tertiary/aromatic N) is 1. The number of benzene rings is 1. The van der Waals surface area contributed by atoms with Gasteiger partial charge in [-0.1, -0.05) is 6.07 Å². The van der Waals surface area contributed by atoms with Crippen molar-refractivity contribution in [3.05, 3.63) is 29.3 Å². The van der Waals surface area contributed by atoms with Crippen LogP contribution in [0.1, 0.15) is 25.0 Å². The second-order valence-corrected chi connectivity index (χ2v) is 5.86. The summed E-state index contributed by atoms with van der Waals surface area (Å²) in [5.41, 5.74) is 8.78. The zero-order valence-electron chi connectivity index (χ0n) is 11.9. The molecule has 19 heavy (non-hydrogen) atoms. The number of hydrogen-bond donors (Lipinski definition) is 1. The molecule has 0 aromatic heterocycles. The average molecular weight is 262 g/mol. The maximum Gasteiger partial charge on any atom is 0.312 e. The molecule has 0 aliphatic carbocycles. The Hall–Kier alpha value is -1.55. The van der Waals surface area contributed by atoms with Gasteiger partial charge in [0.25, 0.3) is 0 Å². The summed E-state index contributed by atoms with van der Waals surface area (Å²) in [6.45, 7) is 6.37. The molecule has 1 aromatic carbocycles. The van der Waals surface area contributed by atoms with Crippen molar-refractivity contribution in [2.45, 2.75) is 26.8 Å². The summed E-state index contributed by atoms with van der Waals surface area (Å²) < 4.78 is 4.86. The lowest BCUT2D eigenvalue weighted by atomic mass is 9.91. The van der Waals surface area contributed by atoms with Gasteiger partial charge in [-0.15, -0.1) is 0 Å². The zero-order chi connectivity index (χ0) is 14.0. The van der Waals surface area contributed by atoms with E-state index in [0.29, 0.717) is 6.54 Å². The number of anilines is 1. The number of esters is 1. The maximum atomic E-state index is 11.7. The van der Waals surface area contributed by atoms with Gasteiger partial charge in [-0.3, -0.25) is 9.69 Å². The Morgan fingerprint density at radius 2 is 2.16 bits per heavy atom. The third kappa shape index (κ3) is 3.07. The van der Waals surface area contributed by atoms with Crippen LogP contribution in [0, 0.1) is 5.41 Å². The number of nitrogens with two attached hydrogens (primary N) is 1. The fourth-order valence-electron chi connectivity index (χ4n) is 2.67. The van der Waals surface area contributed by atoms with Gasteiger partial charge in [-0.05, 0) is 43.5 Å². The van der Waals surface area contributed by atoms with E-state index in [-0.39, 0.29) is 5.97 Å². The van der Waals surface area contributed by atoms with Crippen molar-refractivity contribution in [3.8, 4) is 0 Å². The lowest BCUT2D eigenvalue weighted by Gasteiger charge is -2.34. The van der Waals surface area contributed by atoms with E-state index < -0.39 is 5.41 Å². The summed E-state index contributed by atoms with van der Waals surface area (Å²) in [4.78, 5) is 14.0. The van der Waals surface area contributed by atoms with Crippen LogP contribution >= 0.6 is 0 Å². The van der Waals surface area contributed by atoms with Gasteiger partial charge in [0.1, 0.15) is 0 Å². The van der Waals surface area contributed by atoms with Gasteiger partial charge in [0.2, 0.25) is 0 Å². The van der Waals surface area contributed by atoms with Crippen LogP contribution in [0.4, 0.5) is 5.69 Å². The first-order valence-electron chi connectivity index (χ1n) is 6.60. The SMILES string of the molecule is COC(=O)C(C)(C)CN1CCc2ccc(N)cc2C1.